The molecule has 0 saturated carbocycles. The Morgan fingerprint density at radius 3 is 2.35 bits per heavy atom. The van der Waals surface area contributed by atoms with Crippen LogP contribution in [0.25, 0.3) is 11.4 Å². The van der Waals surface area contributed by atoms with Gasteiger partial charge in [-0.05, 0) is 20.8 Å². The number of carboxylic acids is 1. The lowest BCUT2D eigenvalue weighted by molar-refractivity contribution is 0.0633. The molecule has 0 aliphatic heterocycles. The van der Waals surface area contributed by atoms with Gasteiger partial charge in [-0.2, -0.15) is 5.10 Å². The molecule has 1 amide bonds. The molecule has 0 bridgehead atoms. The maximum Gasteiger partial charge on any atom is 0.412 e. The van der Waals surface area contributed by atoms with Crippen LogP contribution in [0.15, 0.2) is 18.6 Å². The minimum atomic E-state index is -1.13. The number of nitrogens with one attached hydrogen (secondary N) is 1. The van der Waals surface area contributed by atoms with Gasteiger partial charge in [-0.25, -0.2) is 19.6 Å². The molecule has 2 rings (SSSR count). The van der Waals surface area contributed by atoms with Gasteiger partial charge in [0.15, 0.2) is 11.5 Å². The summed E-state index contributed by atoms with van der Waals surface area (Å²) >= 11 is 0. The Bertz CT molecular complexity index is 731. The second kappa shape index (κ2) is 6.03. The molecule has 0 unspecified atom stereocenters. The zero-order valence-electron chi connectivity index (χ0n) is 13.2. The van der Waals surface area contributed by atoms with E-state index in [-0.39, 0.29) is 11.5 Å². The van der Waals surface area contributed by atoms with Crippen molar-refractivity contribution in [3.05, 3.63) is 24.3 Å². The first-order chi connectivity index (χ1) is 10.7. The molecule has 0 spiro atoms. The summed E-state index contributed by atoms with van der Waals surface area (Å²) in [5.41, 5.74) is 0.00203. The van der Waals surface area contributed by atoms with Crippen molar-refractivity contribution < 1.29 is 19.4 Å². The lowest BCUT2D eigenvalue weighted by atomic mass is 10.2. The first kappa shape index (κ1) is 16.4. The van der Waals surface area contributed by atoms with Gasteiger partial charge in [0.1, 0.15) is 5.60 Å². The molecule has 0 atom stereocenters. The Labute approximate surface area is 132 Å². The summed E-state index contributed by atoms with van der Waals surface area (Å²) in [4.78, 5) is 31.0. The molecule has 0 radical (unpaired) electrons. The van der Waals surface area contributed by atoms with E-state index in [4.69, 9.17) is 4.74 Å². The SMILES string of the molecule is Cn1ncc(-c2ncc(NC(=O)OC(C)(C)C)cn2)c1C(=O)O. The summed E-state index contributed by atoms with van der Waals surface area (Å²) in [5, 5.41) is 15.6. The zero-order valence-corrected chi connectivity index (χ0v) is 13.2. The molecule has 2 aromatic rings. The largest absolute Gasteiger partial charge is 0.477 e. The maximum atomic E-state index is 11.6. The zero-order chi connectivity index (χ0) is 17.2. The van der Waals surface area contributed by atoms with Crippen LogP contribution >= 0.6 is 0 Å². The minimum Gasteiger partial charge on any atom is -0.477 e. The van der Waals surface area contributed by atoms with Crippen LogP contribution in [-0.4, -0.2) is 42.5 Å². The van der Waals surface area contributed by atoms with Crippen LogP contribution in [-0.2, 0) is 11.8 Å². The third-order valence-corrected chi connectivity index (χ3v) is 2.68. The van der Waals surface area contributed by atoms with Gasteiger partial charge in [0.05, 0.1) is 29.8 Å². The van der Waals surface area contributed by atoms with Crippen LogP contribution < -0.4 is 5.32 Å². The fraction of sp³-hybridized carbons (Fsp3) is 0.357. The first-order valence-corrected chi connectivity index (χ1v) is 6.75. The Morgan fingerprint density at radius 1 is 1.22 bits per heavy atom. The number of hydrogen-bond acceptors (Lipinski definition) is 6. The highest BCUT2D eigenvalue weighted by molar-refractivity contribution is 5.93. The van der Waals surface area contributed by atoms with Crippen molar-refractivity contribution in [2.24, 2.45) is 7.05 Å². The fourth-order valence-electron chi connectivity index (χ4n) is 1.81. The normalized spacial score (nSPS) is 11.1. The van der Waals surface area contributed by atoms with Crippen molar-refractivity contribution in [2.45, 2.75) is 26.4 Å². The van der Waals surface area contributed by atoms with Gasteiger partial charge in [0.2, 0.25) is 0 Å². The van der Waals surface area contributed by atoms with E-state index < -0.39 is 17.7 Å². The van der Waals surface area contributed by atoms with Crippen LogP contribution in [0.5, 0.6) is 0 Å². The summed E-state index contributed by atoms with van der Waals surface area (Å²) in [7, 11) is 1.52. The molecule has 122 valence electrons. The van der Waals surface area contributed by atoms with Crippen LogP contribution in [0.3, 0.4) is 0 Å². The smallest absolute Gasteiger partial charge is 0.412 e. The highest BCUT2D eigenvalue weighted by Gasteiger charge is 2.20. The first-order valence-electron chi connectivity index (χ1n) is 6.75. The van der Waals surface area contributed by atoms with E-state index in [1.807, 2.05) is 0 Å². The highest BCUT2D eigenvalue weighted by Crippen LogP contribution is 2.20. The molecule has 2 heterocycles. The quantitative estimate of drug-likeness (QED) is 0.886. The number of rotatable bonds is 3. The Hall–Kier alpha value is -2.97. The average Bonchev–Trinajstić information content (AvgIpc) is 2.79. The van der Waals surface area contributed by atoms with Crippen molar-refractivity contribution in [1.82, 2.24) is 19.7 Å². The molecule has 2 aromatic heterocycles. The minimum absolute atomic E-state index is 0.0159. The predicted octanol–water partition coefficient (Wildman–Crippen LogP) is 1.92. The highest BCUT2D eigenvalue weighted by atomic mass is 16.6. The summed E-state index contributed by atoms with van der Waals surface area (Å²) in [6.45, 7) is 5.26. The van der Waals surface area contributed by atoms with E-state index in [9.17, 15) is 14.7 Å². The van der Waals surface area contributed by atoms with E-state index in [0.717, 1.165) is 0 Å². The molecule has 2 N–H and O–H groups in total. The van der Waals surface area contributed by atoms with Gasteiger partial charge in [-0.1, -0.05) is 0 Å². The summed E-state index contributed by atoms with van der Waals surface area (Å²) in [6.07, 6.45) is 3.48. The number of aromatic carboxylic acids is 1. The monoisotopic (exact) mass is 319 g/mol. The number of anilines is 1. The second-order valence-electron chi connectivity index (χ2n) is 5.76. The number of aromatic nitrogens is 4. The molecule has 9 heteroatoms. The lowest BCUT2D eigenvalue weighted by Gasteiger charge is -2.19. The van der Waals surface area contributed by atoms with Gasteiger partial charge >= 0.3 is 12.1 Å². The van der Waals surface area contributed by atoms with Crippen molar-refractivity contribution in [2.75, 3.05) is 5.32 Å². The van der Waals surface area contributed by atoms with Gasteiger partial charge in [-0.15, -0.1) is 0 Å². The van der Waals surface area contributed by atoms with Gasteiger partial charge < -0.3 is 9.84 Å². The second-order valence-corrected chi connectivity index (χ2v) is 5.76. The lowest BCUT2D eigenvalue weighted by Crippen LogP contribution is -2.27. The van der Waals surface area contributed by atoms with Crippen LogP contribution in [0.1, 0.15) is 31.3 Å². The number of hydrogen-bond donors (Lipinski definition) is 2. The summed E-state index contributed by atoms with van der Waals surface area (Å²) in [5.74, 6) is -0.926. The molecule has 0 fully saturated rings. The average molecular weight is 319 g/mol. The van der Waals surface area contributed by atoms with E-state index >= 15 is 0 Å². The molecule has 0 saturated heterocycles. The van der Waals surface area contributed by atoms with E-state index in [1.54, 1.807) is 20.8 Å². The molecular formula is C14H17N5O4. The molecule has 9 nitrogen and oxygen atoms in total. The third kappa shape index (κ3) is 4.02. The molecule has 0 aliphatic carbocycles. The Balaban J connectivity index is 2.17. The Morgan fingerprint density at radius 2 is 1.83 bits per heavy atom. The predicted molar refractivity (Wildman–Crippen MR) is 81.1 cm³/mol. The molecule has 0 aliphatic rings. The van der Waals surface area contributed by atoms with E-state index in [1.165, 1.54) is 30.3 Å². The van der Waals surface area contributed by atoms with E-state index in [0.29, 0.717) is 11.3 Å². The summed E-state index contributed by atoms with van der Waals surface area (Å²) in [6, 6.07) is 0. The van der Waals surface area contributed by atoms with Crippen LogP contribution in [0.4, 0.5) is 10.5 Å². The van der Waals surface area contributed by atoms with Crippen molar-refractivity contribution in [3.8, 4) is 11.4 Å². The standard InChI is InChI=1S/C14H17N5O4/c1-14(2,3)23-13(22)18-8-5-15-11(16-6-8)9-7-17-19(4)10(9)12(20)21/h5-7H,1-4H3,(H,18,22)(H,20,21). The van der Waals surface area contributed by atoms with E-state index in [2.05, 4.69) is 20.4 Å². The number of carbonyl (C=O) groups is 2. The molecule has 23 heavy (non-hydrogen) atoms. The van der Waals surface area contributed by atoms with Crippen LogP contribution in [0.2, 0.25) is 0 Å². The molecule has 0 aromatic carbocycles. The number of ether oxygens (including phenoxy) is 1. The van der Waals surface area contributed by atoms with Gasteiger partial charge in [0, 0.05) is 7.05 Å². The van der Waals surface area contributed by atoms with Crippen LogP contribution in [0, 0.1) is 0 Å². The maximum absolute atomic E-state index is 11.6. The van der Waals surface area contributed by atoms with Crippen molar-refractivity contribution in [3.63, 3.8) is 0 Å². The Kier molecular flexibility index (Phi) is 4.30. The van der Waals surface area contributed by atoms with Gasteiger partial charge in [0.25, 0.3) is 0 Å². The number of carboxylic acid groups (broad SMARTS) is 1. The number of carbonyl (C=O) groups excluding carboxylic acids is 1. The number of nitrogens with zero attached hydrogens (tertiary/aromatic N) is 4. The van der Waals surface area contributed by atoms with Gasteiger partial charge in [-0.3, -0.25) is 10.00 Å². The van der Waals surface area contributed by atoms with Crippen molar-refractivity contribution >= 4 is 17.7 Å². The number of aryl methyl sites for hydroxylation is 1. The third-order valence-electron chi connectivity index (χ3n) is 2.68. The summed E-state index contributed by atoms with van der Waals surface area (Å²) < 4.78 is 6.34. The molecular weight excluding hydrogens is 302 g/mol. The number of amides is 1. The topological polar surface area (TPSA) is 119 Å². The fourth-order valence-corrected chi connectivity index (χ4v) is 1.81. The van der Waals surface area contributed by atoms with Crippen molar-refractivity contribution in [1.29, 1.82) is 0 Å².